The summed E-state index contributed by atoms with van der Waals surface area (Å²) in [6.45, 7) is 1.47. The first-order valence-electron chi connectivity index (χ1n) is 9.81. The summed E-state index contributed by atoms with van der Waals surface area (Å²) < 4.78 is 11.3. The standard InChI is InChI=1S/C23H24N2O4/c1-24(2)12-7-13-25-20(15-8-6-9-16(14-15)28-3)19-21(26)17-10-4-5-11-18(17)29-22(19)23(25)27/h4-6,8-11,14,20H,7,12-13H2,1-3H3/p+1/t20-/m0/s1. The highest BCUT2D eigenvalue weighted by Gasteiger charge is 2.42. The average Bonchev–Trinajstić information content (AvgIpc) is 3.00. The maximum Gasteiger partial charge on any atom is 0.290 e. The van der Waals surface area contributed by atoms with E-state index in [0.717, 1.165) is 18.5 Å². The number of carbonyl (C=O) groups excluding carboxylic acids is 1. The minimum Gasteiger partial charge on any atom is -0.497 e. The molecule has 2 aromatic carbocycles. The molecule has 0 radical (unpaired) electrons. The molecule has 4 rings (SSSR count). The summed E-state index contributed by atoms with van der Waals surface area (Å²) in [4.78, 5) is 29.7. The van der Waals surface area contributed by atoms with Crippen LogP contribution in [0.25, 0.3) is 11.0 Å². The van der Waals surface area contributed by atoms with E-state index < -0.39 is 6.04 Å². The van der Waals surface area contributed by atoms with E-state index in [-0.39, 0.29) is 17.1 Å². The van der Waals surface area contributed by atoms with Crippen LogP contribution >= 0.6 is 0 Å². The number of quaternary nitrogens is 1. The summed E-state index contributed by atoms with van der Waals surface area (Å²) in [6, 6.07) is 14.1. The lowest BCUT2D eigenvalue weighted by atomic mass is 9.98. The largest absolute Gasteiger partial charge is 0.497 e. The van der Waals surface area contributed by atoms with Crippen LogP contribution in [0.15, 0.2) is 57.7 Å². The number of benzene rings is 2. The van der Waals surface area contributed by atoms with Crippen molar-refractivity contribution in [2.24, 2.45) is 0 Å². The molecular weight excluding hydrogens is 368 g/mol. The van der Waals surface area contributed by atoms with E-state index in [0.29, 0.717) is 28.8 Å². The fourth-order valence-corrected chi connectivity index (χ4v) is 3.96. The zero-order chi connectivity index (χ0) is 20.5. The molecule has 1 aromatic heterocycles. The number of nitrogens with zero attached hydrogens (tertiary/aromatic N) is 1. The molecule has 0 aliphatic carbocycles. The number of fused-ring (bicyclic) bond motifs is 2. The lowest BCUT2D eigenvalue weighted by molar-refractivity contribution is -0.858. The van der Waals surface area contributed by atoms with E-state index in [1.54, 1.807) is 36.3 Å². The molecule has 1 N–H and O–H groups in total. The number of hydrogen-bond acceptors (Lipinski definition) is 4. The van der Waals surface area contributed by atoms with Crippen LogP contribution in [0.4, 0.5) is 0 Å². The maximum atomic E-state index is 13.4. The van der Waals surface area contributed by atoms with Gasteiger partial charge < -0.3 is 19.0 Å². The molecule has 1 amide bonds. The van der Waals surface area contributed by atoms with E-state index in [4.69, 9.17) is 9.15 Å². The first kappa shape index (κ1) is 19.2. The molecule has 2 heterocycles. The molecule has 0 saturated heterocycles. The van der Waals surface area contributed by atoms with E-state index in [1.807, 2.05) is 24.3 Å². The van der Waals surface area contributed by atoms with Gasteiger partial charge in [0.05, 0.1) is 44.7 Å². The second-order valence-electron chi connectivity index (χ2n) is 7.66. The Balaban J connectivity index is 1.87. The van der Waals surface area contributed by atoms with Gasteiger partial charge in [-0.15, -0.1) is 0 Å². The topological polar surface area (TPSA) is 64.2 Å². The molecular formula is C23H25N2O4+. The first-order valence-corrected chi connectivity index (χ1v) is 9.81. The Morgan fingerprint density at radius 3 is 2.66 bits per heavy atom. The van der Waals surface area contributed by atoms with Crippen molar-refractivity contribution in [3.8, 4) is 5.75 Å². The summed E-state index contributed by atoms with van der Waals surface area (Å²) in [5.41, 5.74) is 1.55. The number of methoxy groups -OCH3 is 1. The van der Waals surface area contributed by atoms with Gasteiger partial charge in [0, 0.05) is 13.0 Å². The van der Waals surface area contributed by atoms with Gasteiger partial charge in [-0.05, 0) is 29.8 Å². The van der Waals surface area contributed by atoms with Crippen molar-refractivity contribution in [1.29, 1.82) is 0 Å². The molecule has 0 fully saturated rings. The van der Waals surface area contributed by atoms with Gasteiger partial charge in [-0.3, -0.25) is 9.59 Å². The van der Waals surface area contributed by atoms with Gasteiger partial charge >= 0.3 is 0 Å². The van der Waals surface area contributed by atoms with Gasteiger partial charge in [-0.1, -0.05) is 24.3 Å². The van der Waals surface area contributed by atoms with Crippen LogP contribution in [0, 0.1) is 0 Å². The van der Waals surface area contributed by atoms with Gasteiger partial charge in [-0.25, -0.2) is 0 Å². The smallest absolute Gasteiger partial charge is 0.290 e. The molecule has 3 aromatic rings. The molecule has 0 saturated carbocycles. The van der Waals surface area contributed by atoms with Crippen molar-refractivity contribution in [3.63, 3.8) is 0 Å². The van der Waals surface area contributed by atoms with Crippen LogP contribution in [0.5, 0.6) is 5.75 Å². The molecule has 1 atom stereocenters. The average molecular weight is 393 g/mol. The fraction of sp³-hybridized carbons (Fsp3) is 0.304. The number of hydrogen-bond donors (Lipinski definition) is 1. The van der Waals surface area contributed by atoms with Crippen LogP contribution in [0.2, 0.25) is 0 Å². The van der Waals surface area contributed by atoms with Crippen LogP contribution in [-0.4, -0.2) is 45.1 Å². The SMILES string of the molecule is COc1cccc([C@H]2c3c(oc4ccccc4c3=O)C(=O)N2CCC[NH+](C)C)c1. The highest BCUT2D eigenvalue weighted by atomic mass is 16.5. The van der Waals surface area contributed by atoms with Crippen LogP contribution in [-0.2, 0) is 0 Å². The Morgan fingerprint density at radius 1 is 1.10 bits per heavy atom. The quantitative estimate of drug-likeness (QED) is 0.695. The number of para-hydroxylation sites is 1. The van der Waals surface area contributed by atoms with Crippen LogP contribution in [0.1, 0.15) is 34.1 Å². The Kier molecular flexibility index (Phi) is 5.11. The lowest BCUT2D eigenvalue weighted by Gasteiger charge is -2.25. The van der Waals surface area contributed by atoms with E-state index in [2.05, 4.69) is 14.1 Å². The monoisotopic (exact) mass is 393 g/mol. The molecule has 6 nitrogen and oxygen atoms in total. The molecule has 1 aliphatic rings. The van der Waals surface area contributed by atoms with Gasteiger partial charge in [-0.2, -0.15) is 0 Å². The second kappa shape index (κ2) is 7.72. The Hall–Kier alpha value is -3.12. The van der Waals surface area contributed by atoms with Crippen molar-refractivity contribution in [3.05, 3.63) is 75.6 Å². The number of carbonyl (C=O) groups is 1. The summed E-state index contributed by atoms with van der Waals surface area (Å²) in [7, 11) is 5.77. The molecule has 6 heteroatoms. The number of amides is 1. The Labute approximate surface area is 169 Å². The number of ether oxygens (including phenoxy) is 1. The third-order valence-corrected chi connectivity index (χ3v) is 5.36. The fourth-order valence-electron chi connectivity index (χ4n) is 3.96. The minimum absolute atomic E-state index is 0.149. The summed E-state index contributed by atoms with van der Waals surface area (Å²) >= 11 is 0. The molecule has 0 unspecified atom stereocenters. The van der Waals surface area contributed by atoms with E-state index in [1.165, 1.54) is 4.90 Å². The first-order chi connectivity index (χ1) is 14.0. The highest BCUT2D eigenvalue weighted by molar-refractivity contribution is 5.99. The van der Waals surface area contributed by atoms with E-state index in [9.17, 15) is 9.59 Å². The summed E-state index contributed by atoms with van der Waals surface area (Å²) in [5.74, 6) is 0.606. The van der Waals surface area contributed by atoms with Gasteiger partial charge in [0.1, 0.15) is 11.3 Å². The van der Waals surface area contributed by atoms with Gasteiger partial charge in [0.2, 0.25) is 5.76 Å². The summed E-state index contributed by atoms with van der Waals surface area (Å²) in [5, 5.41) is 0.492. The van der Waals surface area contributed by atoms with Crippen molar-refractivity contribution in [2.75, 3.05) is 34.3 Å². The predicted octanol–water partition coefficient (Wildman–Crippen LogP) is 1.88. The zero-order valence-corrected chi connectivity index (χ0v) is 16.9. The van der Waals surface area contributed by atoms with Crippen LogP contribution in [0.3, 0.4) is 0 Å². The number of rotatable bonds is 6. The van der Waals surface area contributed by atoms with Crippen molar-refractivity contribution < 1.29 is 18.8 Å². The predicted molar refractivity (Wildman–Crippen MR) is 111 cm³/mol. The van der Waals surface area contributed by atoms with Crippen molar-refractivity contribution >= 4 is 16.9 Å². The second-order valence-corrected chi connectivity index (χ2v) is 7.66. The van der Waals surface area contributed by atoms with Gasteiger partial charge in [0.25, 0.3) is 5.91 Å². The third-order valence-electron chi connectivity index (χ3n) is 5.36. The summed E-state index contributed by atoms with van der Waals surface area (Å²) in [6.07, 6.45) is 0.830. The number of nitrogens with one attached hydrogen (secondary N) is 1. The molecule has 29 heavy (non-hydrogen) atoms. The Morgan fingerprint density at radius 2 is 1.90 bits per heavy atom. The lowest BCUT2D eigenvalue weighted by Crippen LogP contribution is -3.05. The molecule has 1 aliphatic heterocycles. The maximum absolute atomic E-state index is 13.4. The highest BCUT2D eigenvalue weighted by Crippen LogP contribution is 2.38. The third kappa shape index (κ3) is 3.40. The van der Waals surface area contributed by atoms with Gasteiger partial charge in [0.15, 0.2) is 5.43 Å². The normalized spacial score (nSPS) is 15.9. The zero-order valence-electron chi connectivity index (χ0n) is 16.9. The van der Waals surface area contributed by atoms with Crippen LogP contribution < -0.4 is 15.1 Å². The minimum atomic E-state index is -0.481. The van der Waals surface area contributed by atoms with Crippen molar-refractivity contribution in [2.45, 2.75) is 12.5 Å². The van der Waals surface area contributed by atoms with Crippen molar-refractivity contribution in [1.82, 2.24) is 4.90 Å². The molecule has 0 bridgehead atoms. The molecule has 150 valence electrons. The Bertz CT molecular complexity index is 1120. The molecule has 0 spiro atoms. The van der Waals surface area contributed by atoms with E-state index >= 15 is 0 Å².